The molecule has 1 rings (SSSR count). The molecule has 0 aliphatic heterocycles. The molecule has 1 aromatic rings. The van der Waals surface area contributed by atoms with E-state index in [2.05, 4.69) is 11.8 Å². The van der Waals surface area contributed by atoms with Gasteiger partial charge in [-0.2, -0.15) is 13.2 Å². The number of hydrogen-bond acceptors (Lipinski definition) is 2. The monoisotopic (exact) mass is 245 g/mol. The molecule has 16 heavy (non-hydrogen) atoms. The predicted molar refractivity (Wildman–Crippen MR) is 58.9 cm³/mol. The number of thioether (sulfide) groups is 1. The van der Waals surface area contributed by atoms with Crippen LogP contribution < -0.4 is 5.73 Å². The van der Waals surface area contributed by atoms with Crippen LogP contribution in [-0.2, 0) is 0 Å². The Morgan fingerprint density at radius 2 is 2.06 bits per heavy atom. The first-order chi connectivity index (χ1) is 7.51. The molecule has 0 aliphatic carbocycles. The summed E-state index contributed by atoms with van der Waals surface area (Å²) in [5.74, 6) is 5.54. The summed E-state index contributed by atoms with van der Waals surface area (Å²) in [6, 6.07) is 6.05. The number of hydrogen-bond donors (Lipinski definition) is 1. The van der Waals surface area contributed by atoms with Crippen molar-refractivity contribution in [1.82, 2.24) is 0 Å². The molecule has 0 radical (unpaired) electrons. The Labute approximate surface area is 96.2 Å². The van der Waals surface area contributed by atoms with E-state index in [-0.39, 0.29) is 16.7 Å². The third kappa shape index (κ3) is 5.10. The Bertz CT molecular complexity index is 404. The Morgan fingerprint density at radius 3 is 2.69 bits per heavy atom. The fourth-order valence-electron chi connectivity index (χ4n) is 1.01. The van der Waals surface area contributed by atoms with Crippen molar-refractivity contribution in [3.63, 3.8) is 0 Å². The van der Waals surface area contributed by atoms with Gasteiger partial charge >= 0.3 is 5.51 Å². The van der Waals surface area contributed by atoms with Crippen LogP contribution in [0.3, 0.4) is 0 Å². The van der Waals surface area contributed by atoms with Crippen molar-refractivity contribution in [3.8, 4) is 11.8 Å². The zero-order valence-electron chi connectivity index (χ0n) is 8.34. The summed E-state index contributed by atoms with van der Waals surface area (Å²) in [7, 11) is 0. The third-order valence-electron chi connectivity index (χ3n) is 1.57. The van der Waals surface area contributed by atoms with Crippen molar-refractivity contribution >= 4 is 11.8 Å². The smallest absolute Gasteiger partial charge is 0.330 e. The highest BCUT2D eigenvalue weighted by molar-refractivity contribution is 8.00. The van der Waals surface area contributed by atoms with Crippen molar-refractivity contribution in [2.24, 2.45) is 5.73 Å². The maximum Gasteiger partial charge on any atom is 0.446 e. The van der Waals surface area contributed by atoms with Gasteiger partial charge in [0, 0.05) is 23.4 Å². The van der Waals surface area contributed by atoms with Crippen LogP contribution >= 0.6 is 11.8 Å². The van der Waals surface area contributed by atoms with Gasteiger partial charge in [-0.1, -0.05) is 17.9 Å². The predicted octanol–water partition coefficient (Wildman–Crippen LogP) is 3.00. The van der Waals surface area contributed by atoms with Gasteiger partial charge in [-0.25, -0.2) is 0 Å². The molecule has 0 saturated carbocycles. The maximum atomic E-state index is 12.1. The summed E-state index contributed by atoms with van der Waals surface area (Å²) in [6.45, 7) is 0.448. The molecule has 86 valence electrons. The summed E-state index contributed by atoms with van der Waals surface area (Å²) < 4.78 is 36.3. The molecule has 0 atom stereocenters. The lowest BCUT2D eigenvalue weighted by atomic mass is 10.2. The molecule has 1 nitrogen and oxygen atoms in total. The van der Waals surface area contributed by atoms with Gasteiger partial charge in [-0.05, 0) is 30.0 Å². The minimum absolute atomic E-state index is 0.138. The van der Waals surface area contributed by atoms with Crippen molar-refractivity contribution in [1.29, 1.82) is 0 Å². The molecule has 0 aromatic heterocycles. The van der Waals surface area contributed by atoms with Gasteiger partial charge in [-0.3, -0.25) is 0 Å². The van der Waals surface area contributed by atoms with Gasteiger partial charge in [0.05, 0.1) is 0 Å². The Hall–Kier alpha value is -1.12. The highest BCUT2D eigenvalue weighted by atomic mass is 32.2. The molecule has 0 aliphatic rings. The highest BCUT2D eigenvalue weighted by Crippen LogP contribution is 2.36. The van der Waals surface area contributed by atoms with Crippen LogP contribution in [0.15, 0.2) is 29.2 Å². The number of nitrogens with two attached hydrogens (primary N) is 1. The van der Waals surface area contributed by atoms with Gasteiger partial charge in [0.25, 0.3) is 0 Å². The van der Waals surface area contributed by atoms with E-state index in [9.17, 15) is 13.2 Å². The van der Waals surface area contributed by atoms with Crippen LogP contribution in [0.2, 0.25) is 0 Å². The average Bonchev–Trinajstić information content (AvgIpc) is 2.16. The Balaban J connectivity index is 2.76. The molecule has 5 heteroatoms. The zero-order chi connectivity index (χ0) is 12.0. The van der Waals surface area contributed by atoms with E-state index in [0.717, 1.165) is 0 Å². The lowest BCUT2D eigenvalue weighted by Gasteiger charge is -2.05. The average molecular weight is 245 g/mol. The van der Waals surface area contributed by atoms with Crippen LogP contribution in [0.1, 0.15) is 12.0 Å². The van der Waals surface area contributed by atoms with Crippen LogP contribution in [-0.4, -0.2) is 12.1 Å². The molecule has 0 fully saturated rings. The maximum absolute atomic E-state index is 12.1. The van der Waals surface area contributed by atoms with Gasteiger partial charge in [0.1, 0.15) is 0 Å². The van der Waals surface area contributed by atoms with Crippen LogP contribution in [0.5, 0.6) is 0 Å². The fourth-order valence-corrected chi connectivity index (χ4v) is 1.61. The first kappa shape index (κ1) is 12.9. The molecule has 2 N–H and O–H groups in total. The molecular formula is C11H10F3NS. The fraction of sp³-hybridized carbons (Fsp3) is 0.273. The molecule has 1 aromatic carbocycles. The lowest BCUT2D eigenvalue weighted by Crippen LogP contribution is -1.98. The van der Waals surface area contributed by atoms with Gasteiger partial charge in [0.15, 0.2) is 0 Å². The number of benzene rings is 1. The van der Waals surface area contributed by atoms with Gasteiger partial charge in [-0.15, -0.1) is 0 Å². The van der Waals surface area contributed by atoms with Crippen LogP contribution in [0.4, 0.5) is 13.2 Å². The summed E-state index contributed by atoms with van der Waals surface area (Å²) in [5, 5.41) is 0. The second-order valence-electron chi connectivity index (χ2n) is 2.92. The van der Waals surface area contributed by atoms with Crippen LogP contribution in [0, 0.1) is 11.8 Å². The van der Waals surface area contributed by atoms with E-state index in [0.29, 0.717) is 18.5 Å². The van der Waals surface area contributed by atoms with Crippen LogP contribution in [0.25, 0.3) is 0 Å². The summed E-state index contributed by atoms with van der Waals surface area (Å²) in [5.41, 5.74) is 1.56. The number of alkyl halides is 3. The normalized spacial score (nSPS) is 10.8. The summed E-state index contributed by atoms with van der Waals surface area (Å²) in [6.07, 6.45) is 0.538. The van der Waals surface area contributed by atoms with Gasteiger partial charge in [0.2, 0.25) is 0 Å². The van der Waals surface area contributed by atoms with E-state index >= 15 is 0 Å². The Kier molecular flexibility index (Phi) is 4.71. The standard InChI is InChI=1S/C11H10F3NS/c12-11(13,14)16-10-6-3-5-9(8-10)4-1-2-7-15/h3,5-6,8H,2,7,15H2. The SMILES string of the molecule is NCCC#Cc1cccc(SC(F)(F)F)c1. The van der Waals surface area contributed by atoms with Crippen molar-refractivity contribution < 1.29 is 13.2 Å². The first-order valence-electron chi connectivity index (χ1n) is 4.56. The van der Waals surface area contributed by atoms with E-state index in [1.807, 2.05) is 0 Å². The first-order valence-corrected chi connectivity index (χ1v) is 5.37. The molecule has 0 amide bonds. The van der Waals surface area contributed by atoms with Crippen molar-refractivity contribution in [2.75, 3.05) is 6.54 Å². The number of halogens is 3. The van der Waals surface area contributed by atoms with E-state index in [1.165, 1.54) is 12.1 Å². The van der Waals surface area contributed by atoms with Crippen molar-refractivity contribution in [2.45, 2.75) is 16.8 Å². The molecular weight excluding hydrogens is 235 g/mol. The molecule has 0 spiro atoms. The Morgan fingerprint density at radius 1 is 1.31 bits per heavy atom. The third-order valence-corrected chi connectivity index (χ3v) is 2.29. The second-order valence-corrected chi connectivity index (χ2v) is 4.05. The van der Waals surface area contributed by atoms with Crippen molar-refractivity contribution in [3.05, 3.63) is 29.8 Å². The zero-order valence-corrected chi connectivity index (χ0v) is 9.16. The summed E-state index contributed by atoms with van der Waals surface area (Å²) >= 11 is -0.138. The van der Waals surface area contributed by atoms with E-state index in [4.69, 9.17) is 5.73 Å². The second kappa shape index (κ2) is 5.83. The van der Waals surface area contributed by atoms with E-state index in [1.54, 1.807) is 12.1 Å². The molecule has 0 heterocycles. The number of rotatable bonds is 2. The minimum Gasteiger partial charge on any atom is -0.330 e. The molecule has 0 bridgehead atoms. The highest BCUT2D eigenvalue weighted by Gasteiger charge is 2.29. The quantitative estimate of drug-likeness (QED) is 0.640. The lowest BCUT2D eigenvalue weighted by molar-refractivity contribution is -0.0328. The largest absolute Gasteiger partial charge is 0.446 e. The molecule has 0 saturated heterocycles. The molecule has 0 unspecified atom stereocenters. The van der Waals surface area contributed by atoms with E-state index < -0.39 is 5.51 Å². The minimum atomic E-state index is -4.26. The summed E-state index contributed by atoms with van der Waals surface area (Å²) in [4.78, 5) is 0.145. The topological polar surface area (TPSA) is 26.0 Å². The van der Waals surface area contributed by atoms with Gasteiger partial charge < -0.3 is 5.73 Å².